The minimum absolute atomic E-state index is 0. The van der Waals surface area contributed by atoms with Crippen LogP contribution in [0.25, 0.3) is 0 Å². The van der Waals surface area contributed by atoms with Crippen molar-refractivity contribution in [3.63, 3.8) is 0 Å². The lowest BCUT2D eigenvalue weighted by molar-refractivity contribution is -0.0527. The largest absolute Gasteiger partial charge is 0.493 e. The number of rotatable bonds is 3. The molecular weight excluding hydrogens is 274 g/mol. The van der Waals surface area contributed by atoms with Crippen LogP contribution in [0.5, 0.6) is 5.75 Å². The Morgan fingerprint density at radius 2 is 2.25 bits per heavy atom. The van der Waals surface area contributed by atoms with Crippen LogP contribution < -0.4 is 10.1 Å². The highest BCUT2D eigenvalue weighted by atomic mass is 35.5. The molecule has 20 heavy (non-hydrogen) atoms. The van der Waals surface area contributed by atoms with Gasteiger partial charge in [0, 0.05) is 24.6 Å². The smallest absolute Gasteiger partial charge is 0.125 e. The summed E-state index contributed by atoms with van der Waals surface area (Å²) >= 11 is 0. The second kappa shape index (κ2) is 5.21. The van der Waals surface area contributed by atoms with E-state index in [1.807, 2.05) is 0 Å². The molecule has 3 nitrogen and oxygen atoms in total. The van der Waals surface area contributed by atoms with Crippen LogP contribution in [-0.2, 0) is 11.3 Å². The molecule has 0 spiro atoms. The van der Waals surface area contributed by atoms with E-state index in [1.165, 1.54) is 24.0 Å². The molecule has 0 bridgehead atoms. The van der Waals surface area contributed by atoms with Crippen LogP contribution in [-0.4, -0.2) is 25.3 Å². The summed E-state index contributed by atoms with van der Waals surface area (Å²) in [4.78, 5) is 0. The minimum atomic E-state index is -0.0396. The number of benzene rings is 1. The standard InChI is InChI=1S/C16H21NO2.ClH/c1-16-10-17-7-14(16)12-3-2-4-15(13(12)9-19-16)18-8-11-5-6-11;/h2-4,11,14,17H,5-10H2,1H3;1H/t14-,16-;/m0./s1. The van der Waals surface area contributed by atoms with Gasteiger partial charge in [0.2, 0.25) is 0 Å². The summed E-state index contributed by atoms with van der Waals surface area (Å²) in [5.41, 5.74) is 2.66. The summed E-state index contributed by atoms with van der Waals surface area (Å²) in [6.45, 7) is 5.74. The quantitative estimate of drug-likeness (QED) is 0.930. The van der Waals surface area contributed by atoms with E-state index in [-0.39, 0.29) is 18.0 Å². The molecule has 4 rings (SSSR count). The van der Waals surface area contributed by atoms with Gasteiger partial charge in [-0.3, -0.25) is 0 Å². The Morgan fingerprint density at radius 1 is 1.40 bits per heavy atom. The van der Waals surface area contributed by atoms with Crippen LogP contribution in [0.3, 0.4) is 0 Å². The average molecular weight is 296 g/mol. The molecule has 0 unspecified atom stereocenters. The third kappa shape index (κ3) is 2.32. The molecule has 1 aliphatic carbocycles. The lowest BCUT2D eigenvalue weighted by Crippen LogP contribution is -2.39. The molecule has 1 N–H and O–H groups in total. The fourth-order valence-electron chi connectivity index (χ4n) is 3.32. The van der Waals surface area contributed by atoms with E-state index in [0.717, 1.165) is 31.4 Å². The summed E-state index contributed by atoms with van der Waals surface area (Å²) in [6, 6.07) is 6.47. The SMILES string of the molecule is C[C@]12CNC[C@H]1c1cccc(OCC3CC3)c1CO2.Cl. The maximum atomic E-state index is 6.14. The van der Waals surface area contributed by atoms with Gasteiger partial charge in [0.15, 0.2) is 0 Å². The molecule has 0 radical (unpaired) electrons. The van der Waals surface area contributed by atoms with Crippen LogP contribution in [0.1, 0.15) is 36.8 Å². The Labute approximate surface area is 126 Å². The van der Waals surface area contributed by atoms with E-state index in [1.54, 1.807) is 0 Å². The molecule has 110 valence electrons. The first kappa shape index (κ1) is 14.2. The number of fused-ring (bicyclic) bond motifs is 3. The first-order valence-electron chi connectivity index (χ1n) is 7.35. The molecule has 1 saturated carbocycles. The van der Waals surface area contributed by atoms with Gasteiger partial charge >= 0.3 is 0 Å². The third-order valence-electron chi connectivity index (χ3n) is 4.82. The van der Waals surface area contributed by atoms with Crippen molar-refractivity contribution in [2.75, 3.05) is 19.7 Å². The van der Waals surface area contributed by atoms with Crippen LogP contribution in [0.2, 0.25) is 0 Å². The molecule has 1 aromatic rings. The van der Waals surface area contributed by atoms with Crippen molar-refractivity contribution in [3.05, 3.63) is 29.3 Å². The summed E-state index contributed by atoms with van der Waals surface area (Å²) in [5, 5.41) is 3.46. The molecule has 1 aromatic carbocycles. The van der Waals surface area contributed by atoms with Crippen molar-refractivity contribution in [3.8, 4) is 5.75 Å². The number of hydrogen-bond acceptors (Lipinski definition) is 3. The normalized spacial score (nSPS) is 31.1. The van der Waals surface area contributed by atoms with Gasteiger partial charge in [-0.1, -0.05) is 12.1 Å². The zero-order valence-electron chi connectivity index (χ0n) is 11.9. The number of nitrogens with one attached hydrogen (secondary N) is 1. The van der Waals surface area contributed by atoms with E-state index < -0.39 is 0 Å². The summed E-state index contributed by atoms with van der Waals surface area (Å²) < 4.78 is 12.1. The van der Waals surface area contributed by atoms with Crippen LogP contribution in [0.15, 0.2) is 18.2 Å². The zero-order chi connectivity index (χ0) is 12.9. The Kier molecular flexibility index (Phi) is 3.69. The fourth-order valence-corrected chi connectivity index (χ4v) is 3.32. The minimum Gasteiger partial charge on any atom is -0.493 e. The molecule has 2 aliphatic heterocycles. The van der Waals surface area contributed by atoms with Gasteiger partial charge in [-0.05, 0) is 37.3 Å². The Balaban J connectivity index is 0.00000121. The summed E-state index contributed by atoms with van der Waals surface area (Å²) in [6.07, 6.45) is 2.66. The zero-order valence-corrected chi connectivity index (χ0v) is 12.7. The van der Waals surface area contributed by atoms with Crippen molar-refractivity contribution < 1.29 is 9.47 Å². The van der Waals surface area contributed by atoms with E-state index in [4.69, 9.17) is 9.47 Å². The van der Waals surface area contributed by atoms with E-state index >= 15 is 0 Å². The van der Waals surface area contributed by atoms with Gasteiger partial charge in [0.25, 0.3) is 0 Å². The highest BCUT2D eigenvalue weighted by molar-refractivity contribution is 5.85. The Hall–Kier alpha value is -0.770. The van der Waals surface area contributed by atoms with Gasteiger partial charge in [0.05, 0.1) is 18.8 Å². The molecule has 1 saturated heterocycles. The van der Waals surface area contributed by atoms with Crippen molar-refractivity contribution in [2.45, 2.75) is 37.9 Å². The number of ether oxygens (including phenoxy) is 2. The predicted octanol–water partition coefficient (Wildman–Crippen LogP) is 2.87. The third-order valence-corrected chi connectivity index (χ3v) is 4.82. The molecular formula is C16H22ClNO2. The van der Waals surface area contributed by atoms with Gasteiger partial charge in [0.1, 0.15) is 5.75 Å². The van der Waals surface area contributed by atoms with Crippen molar-refractivity contribution in [1.29, 1.82) is 0 Å². The van der Waals surface area contributed by atoms with Crippen LogP contribution >= 0.6 is 12.4 Å². The van der Waals surface area contributed by atoms with Gasteiger partial charge < -0.3 is 14.8 Å². The summed E-state index contributed by atoms with van der Waals surface area (Å²) in [5.74, 6) is 2.29. The van der Waals surface area contributed by atoms with Gasteiger partial charge in [-0.15, -0.1) is 12.4 Å². The second-order valence-electron chi connectivity index (χ2n) is 6.36. The van der Waals surface area contributed by atoms with Crippen LogP contribution in [0.4, 0.5) is 0 Å². The molecule has 3 aliphatic rings. The molecule has 4 heteroatoms. The first-order chi connectivity index (χ1) is 9.26. The highest BCUT2D eigenvalue weighted by Gasteiger charge is 2.45. The maximum absolute atomic E-state index is 6.14. The van der Waals surface area contributed by atoms with E-state index in [0.29, 0.717) is 12.5 Å². The summed E-state index contributed by atoms with van der Waals surface area (Å²) in [7, 11) is 0. The topological polar surface area (TPSA) is 30.5 Å². The lowest BCUT2D eigenvalue weighted by Gasteiger charge is -2.37. The molecule has 2 heterocycles. The van der Waals surface area contributed by atoms with Crippen molar-refractivity contribution in [2.24, 2.45) is 5.92 Å². The van der Waals surface area contributed by atoms with Gasteiger partial charge in [-0.25, -0.2) is 0 Å². The monoisotopic (exact) mass is 295 g/mol. The second-order valence-corrected chi connectivity index (χ2v) is 6.36. The molecule has 2 atom stereocenters. The van der Waals surface area contributed by atoms with Crippen LogP contribution in [0, 0.1) is 5.92 Å². The predicted molar refractivity (Wildman–Crippen MR) is 80.7 cm³/mol. The highest BCUT2D eigenvalue weighted by Crippen LogP contribution is 2.44. The number of hydrogen-bond donors (Lipinski definition) is 1. The first-order valence-corrected chi connectivity index (χ1v) is 7.35. The van der Waals surface area contributed by atoms with Crippen molar-refractivity contribution in [1.82, 2.24) is 5.32 Å². The maximum Gasteiger partial charge on any atom is 0.125 e. The van der Waals surface area contributed by atoms with E-state index in [2.05, 4.69) is 30.4 Å². The Morgan fingerprint density at radius 3 is 3.05 bits per heavy atom. The van der Waals surface area contributed by atoms with Crippen molar-refractivity contribution >= 4 is 12.4 Å². The molecule has 0 amide bonds. The van der Waals surface area contributed by atoms with E-state index in [9.17, 15) is 0 Å². The lowest BCUT2D eigenvalue weighted by atomic mass is 9.81. The number of halogens is 1. The average Bonchev–Trinajstić information content (AvgIpc) is 3.16. The Bertz CT molecular complexity index is 503. The molecule has 0 aromatic heterocycles. The fraction of sp³-hybridized carbons (Fsp3) is 0.625. The van der Waals surface area contributed by atoms with Gasteiger partial charge in [-0.2, -0.15) is 0 Å². The molecule has 2 fully saturated rings.